The van der Waals surface area contributed by atoms with Crippen LogP contribution in [-0.4, -0.2) is 27.0 Å². The fourth-order valence-corrected chi connectivity index (χ4v) is 1.85. The molecule has 1 amide bonds. The van der Waals surface area contributed by atoms with Gasteiger partial charge in [-0.25, -0.2) is 0 Å². The molecule has 1 aromatic heterocycles. The maximum Gasteiger partial charge on any atom is 0.573 e. The topological polar surface area (TPSA) is 99.3 Å². The van der Waals surface area contributed by atoms with Crippen LogP contribution in [-0.2, 0) is 11.3 Å². The molecule has 0 fully saturated rings. The summed E-state index contributed by atoms with van der Waals surface area (Å²) in [5.41, 5.74) is 0.245. The van der Waals surface area contributed by atoms with Crippen LogP contribution < -0.4 is 10.1 Å². The minimum atomic E-state index is -4.79. The molecule has 1 aromatic carbocycles. The molecular formula is C13H11F3N4O4. The summed E-state index contributed by atoms with van der Waals surface area (Å²) in [7, 11) is 0. The molecule has 0 aliphatic rings. The molecule has 0 bridgehead atoms. The first-order valence-electron chi connectivity index (χ1n) is 6.48. The Morgan fingerprint density at radius 2 is 2.00 bits per heavy atom. The van der Waals surface area contributed by atoms with Gasteiger partial charge in [0.2, 0.25) is 5.91 Å². The highest BCUT2D eigenvalue weighted by Crippen LogP contribution is 2.24. The Labute approximate surface area is 133 Å². The van der Waals surface area contributed by atoms with Crippen molar-refractivity contribution in [2.24, 2.45) is 0 Å². The van der Waals surface area contributed by atoms with E-state index in [0.717, 1.165) is 23.0 Å². The van der Waals surface area contributed by atoms with E-state index in [0.29, 0.717) is 0 Å². The Morgan fingerprint density at radius 1 is 1.38 bits per heavy atom. The van der Waals surface area contributed by atoms with Crippen LogP contribution in [0.25, 0.3) is 0 Å². The largest absolute Gasteiger partial charge is 0.573 e. The van der Waals surface area contributed by atoms with Gasteiger partial charge in [0.25, 0.3) is 0 Å². The zero-order valence-electron chi connectivity index (χ0n) is 12.2. The third-order valence-corrected chi connectivity index (χ3v) is 2.94. The summed E-state index contributed by atoms with van der Waals surface area (Å²) in [5, 5.41) is 16.9. The lowest BCUT2D eigenvalue weighted by Gasteiger charge is -2.10. The highest BCUT2D eigenvalue weighted by molar-refractivity contribution is 5.90. The number of benzene rings is 1. The van der Waals surface area contributed by atoms with Crippen LogP contribution in [0.5, 0.6) is 5.75 Å². The van der Waals surface area contributed by atoms with Crippen molar-refractivity contribution < 1.29 is 27.6 Å². The fraction of sp³-hybridized carbons (Fsp3) is 0.231. The molecule has 128 valence electrons. The predicted molar refractivity (Wildman–Crippen MR) is 75.4 cm³/mol. The summed E-state index contributed by atoms with van der Waals surface area (Å²) in [6.07, 6.45) is -3.76. The number of carbonyl (C=O) groups is 1. The number of carbonyl (C=O) groups excluding carboxylic acids is 1. The number of hydrogen-bond acceptors (Lipinski definition) is 5. The maximum atomic E-state index is 12.0. The second kappa shape index (κ2) is 6.56. The second-order valence-corrected chi connectivity index (χ2v) is 4.65. The minimum absolute atomic E-state index is 0.212. The number of rotatable bonds is 5. The van der Waals surface area contributed by atoms with Gasteiger partial charge in [0.05, 0.1) is 4.92 Å². The lowest BCUT2D eigenvalue weighted by atomic mass is 10.3. The van der Waals surface area contributed by atoms with E-state index in [2.05, 4.69) is 15.2 Å². The summed E-state index contributed by atoms with van der Waals surface area (Å²) in [6.45, 7) is 1.17. The second-order valence-electron chi connectivity index (χ2n) is 4.65. The number of nitrogens with one attached hydrogen (secondary N) is 1. The van der Waals surface area contributed by atoms with Gasteiger partial charge in [-0.2, -0.15) is 5.10 Å². The van der Waals surface area contributed by atoms with Crippen LogP contribution in [0.4, 0.5) is 24.5 Å². The Hall–Kier alpha value is -3.11. The standard InChI is InChI=1S/C13H11F3N4O4/c1-8-11(20(22)23)6-17-19(8)7-12(21)18-9-2-4-10(5-3-9)24-13(14,15)16/h2-6H,7H2,1H3,(H,18,21). The molecule has 2 rings (SSSR count). The predicted octanol–water partition coefficient (Wildman–Crippen LogP) is 2.64. The molecule has 2 aromatic rings. The number of alkyl halides is 3. The van der Waals surface area contributed by atoms with E-state index in [1.165, 1.54) is 19.1 Å². The molecule has 0 saturated heterocycles. The molecule has 0 atom stereocenters. The number of anilines is 1. The maximum absolute atomic E-state index is 12.0. The van der Waals surface area contributed by atoms with Gasteiger partial charge in [0, 0.05) is 5.69 Å². The van der Waals surface area contributed by atoms with Crippen LogP contribution in [0.15, 0.2) is 30.5 Å². The summed E-state index contributed by atoms with van der Waals surface area (Å²) in [5.74, 6) is -0.959. The first-order chi connectivity index (χ1) is 11.2. The molecule has 1 heterocycles. The quantitative estimate of drug-likeness (QED) is 0.664. The first kappa shape index (κ1) is 17.2. The smallest absolute Gasteiger partial charge is 0.406 e. The molecule has 0 aliphatic carbocycles. The van der Waals surface area contributed by atoms with Crippen molar-refractivity contribution in [2.75, 3.05) is 5.32 Å². The van der Waals surface area contributed by atoms with Crippen molar-refractivity contribution in [3.05, 3.63) is 46.3 Å². The Kier molecular flexibility index (Phi) is 4.71. The van der Waals surface area contributed by atoms with Crippen LogP contribution in [0.3, 0.4) is 0 Å². The first-order valence-corrected chi connectivity index (χ1v) is 6.48. The summed E-state index contributed by atoms with van der Waals surface area (Å²) in [6, 6.07) is 4.56. The van der Waals surface area contributed by atoms with Crippen molar-refractivity contribution >= 4 is 17.3 Å². The third kappa shape index (κ3) is 4.44. The minimum Gasteiger partial charge on any atom is -0.406 e. The molecule has 0 spiro atoms. The van der Waals surface area contributed by atoms with E-state index in [-0.39, 0.29) is 23.6 Å². The van der Waals surface area contributed by atoms with E-state index in [1.807, 2.05) is 0 Å². The van der Waals surface area contributed by atoms with Gasteiger partial charge in [-0.1, -0.05) is 0 Å². The number of aromatic nitrogens is 2. The molecule has 11 heteroatoms. The van der Waals surface area contributed by atoms with Gasteiger partial charge in [-0.15, -0.1) is 13.2 Å². The van der Waals surface area contributed by atoms with Gasteiger partial charge in [-0.3, -0.25) is 19.6 Å². The molecule has 0 unspecified atom stereocenters. The average molecular weight is 344 g/mol. The van der Waals surface area contributed by atoms with Crippen LogP contribution in [0, 0.1) is 17.0 Å². The molecule has 0 saturated carbocycles. The Balaban J connectivity index is 1.99. The summed E-state index contributed by atoms with van der Waals surface area (Å²) < 4.78 is 41.0. The molecule has 0 radical (unpaired) electrons. The lowest BCUT2D eigenvalue weighted by molar-refractivity contribution is -0.385. The van der Waals surface area contributed by atoms with Gasteiger partial charge in [-0.05, 0) is 31.2 Å². The Morgan fingerprint density at radius 3 is 2.50 bits per heavy atom. The zero-order valence-corrected chi connectivity index (χ0v) is 12.2. The SMILES string of the molecule is Cc1c([N+](=O)[O-])cnn1CC(=O)Nc1ccc(OC(F)(F)F)cc1. The van der Waals surface area contributed by atoms with E-state index < -0.39 is 22.9 Å². The van der Waals surface area contributed by atoms with E-state index in [9.17, 15) is 28.1 Å². The van der Waals surface area contributed by atoms with Crippen LogP contribution in [0.2, 0.25) is 0 Å². The average Bonchev–Trinajstić information content (AvgIpc) is 2.81. The fourth-order valence-electron chi connectivity index (χ4n) is 1.85. The molecular weight excluding hydrogens is 333 g/mol. The highest BCUT2D eigenvalue weighted by Gasteiger charge is 2.31. The third-order valence-electron chi connectivity index (χ3n) is 2.94. The van der Waals surface area contributed by atoms with Crippen LogP contribution in [0.1, 0.15) is 5.69 Å². The monoisotopic (exact) mass is 344 g/mol. The number of amides is 1. The van der Waals surface area contributed by atoms with Crippen molar-refractivity contribution in [2.45, 2.75) is 19.8 Å². The van der Waals surface area contributed by atoms with Crippen molar-refractivity contribution in [3.63, 3.8) is 0 Å². The highest BCUT2D eigenvalue weighted by atomic mass is 19.4. The summed E-state index contributed by atoms with van der Waals surface area (Å²) in [4.78, 5) is 22.0. The zero-order chi connectivity index (χ0) is 17.9. The van der Waals surface area contributed by atoms with E-state index in [4.69, 9.17) is 0 Å². The van der Waals surface area contributed by atoms with Gasteiger partial charge < -0.3 is 10.1 Å². The van der Waals surface area contributed by atoms with Crippen molar-refractivity contribution in [1.82, 2.24) is 9.78 Å². The Bertz CT molecular complexity index is 756. The number of ether oxygens (including phenoxy) is 1. The number of nitro groups is 1. The van der Waals surface area contributed by atoms with Gasteiger partial charge in [0.1, 0.15) is 24.2 Å². The number of hydrogen-bond donors (Lipinski definition) is 1. The van der Waals surface area contributed by atoms with E-state index >= 15 is 0 Å². The number of nitrogens with zero attached hydrogens (tertiary/aromatic N) is 3. The van der Waals surface area contributed by atoms with Crippen molar-refractivity contribution in [1.29, 1.82) is 0 Å². The molecule has 1 N–H and O–H groups in total. The lowest BCUT2D eigenvalue weighted by Crippen LogP contribution is -2.20. The number of halogens is 3. The van der Waals surface area contributed by atoms with Crippen LogP contribution >= 0.6 is 0 Å². The van der Waals surface area contributed by atoms with E-state index in [1.54, 1.807) is 0 Å². The van der Waals surface area contributed by atoms with Gasteiger partial charge in [0.15, 0.2) is 0 Å². The van der Waals surface area contributed by atoms with Crippen molar-refractivity contribution in [3.8, 4) is 5.75 Å². The summed E-state index contributed by atoms with van der Waals surface area (Å²) >= 11 is 0. The normalized spacial score (nSPS) is 11.2. The molecule has 8 nitrogen and oxygen atoms in total. The van der Waals surface area contributed by atoms with Gasteiger partial charge >= 0.3 is 12.0 Å². The molecule has 0 aliphatic heterocycles. The molecule has 24 heavy (non-hydrogen) atoms.